The van der Waals surface area contributed by atoms with Gasteiger partial charge in [0.2, 0.25) is 0 Å². The molecule has 1 aromatic carbocycles. The molecule has 0 aliphatic carbocycles. The van der Waals surface area contributed by atoms with Gasteiger partial charge in [-0.05, 0) is 31.2 Å². The van der Waals surface area contributed by atoms with Gasteiger partial charge in [0, 0.05) is 18.9 Å². The number of nitrogens with two attached hydrogens (primary N) is 1. The van der Waals surface area contributed by atoms with Crippen LogP contribution >= 0.6 is 0 Å². The van der Waals surface area contributed by atoms with Crippen LogP contribution in [0.1, 0.15) is 11.1 Å². The Hall–Kier alpha value is -2.36. The number of nitrogens with one attached hydrogen (secondary N) is 1. The lowest BCUT2D eigenvalue weighted by atomic mass is 10.2. The largest absolute Gasteiger partial charge is 0.384 e. The number of rotatable bonds is 3. The molecule has 0 unspecified atom stereocenters. The second-order valence-electron chi connectivity index (χ2n) is 4.18. The number of amidine groups is 1. The van der Waals surface area contributed by atoms with E-state index in [0.717, 1.165) is 5.69 Å². The summed E-state index contributed by atoms with van der Waals surface area (Å²) in [6.45, 7) is 2.05. The van der Waals surface area contributed by atoms with Crippen molar-refractivity contribution in [1.29, 1.82) is 5.41 Å². The van der Waals surface area contributed by atoms with E-state index in [1.54, 1.807) is 18.3 Å². The summed E-state index contributed by atoms with van der Waals surface area (Å²) >= 11 is 0. The van der Waals surface area contributed by atoms with Crippen molar-refractivity contribution in [3.8, 4) is 0 Å². The summed E-state index contributed by atoms with van der Waals surface area (Å²) in [6.07, 6.45) is 1.70. The summed E-state index contributed by atoms with van der Waals surface area (Å²) in [6, 6.07) is 11.7. The third-order valence-corrected chi connectivity index (χ3v) is 2.82. The molecule has 0 saturated heterocycles. The van der Waals surface area contributed by atoms with Gasteiger partial charge in [-0.15, -0.1) is 0 Å². The highest BCUT2D eigenvalue weighted by atomic mass is 15.2. The minimum Gasteiger partial charge on any atom is -0.384 e. The van der Waals surface area contributed by atoms with Crippen molar-refractivity contribution in [2.24, 2.45) is 5.73 Å². The Kier molecular flexibility index (Phi) is 3.28. The van der Waals surface area contributed by atoms with Crippen LogP contribution in [0.25, 0.3) is 0 Å². The van der Waals surface area contributed by atoms with Gasteiger partial charge < -0.3 is 10.6 Å². The summed E-state index contributed by atoms with van der Waals surface area (Å²) in [7, 11) is 1.92. The first kappa shape index (κ1) is 12.1. The minimum atomic E-state index is 0.0251. The zero-order chi connectivity index (χ0) is 13.1. The molecule has 92 valence electrons. The normalized spacial score (nSPS) is 10.1. The summed E-state index contributed by atoms with van der Waals surface area (Å²) in [5, 5.41) is 7.58. The van der Waals surface area contributed by atoms with E-state index in [1.807, 2.05) is 43.1 Å². The molecule has 0 spiro atoms. The number of pyridine rings is 1. The summed E-state index contributed by atoms with van der Waals surface area (Å²) in [5.41, 5.74) is 8.43. The Morgan fingerprint density at radius 2 is 1.89 bits per heavy atom. The Morgan fingerprint density at radius 3 is 2.50 bits per heavy atom. The molecule has 4 heteroatoms. The van der Waals surface area contributed by atoms with Crippen molar-refractivity contribution in [3.05, 3.63) is 53.7 Å². The Labute approximate surface area is 107 Å². The Morgan fingerprint density at radius 1 is 1.22 bits per heavy atom. The highest BCUT2D eigenvalue weighted by molar-refractivity contribution is 6.00. The van der Waals surface area contributed by atoms with Gasteiger partial charge in [0.25, 0.3) is 0 Å². The molecule has 0 aliphatic rings. The average molecular weight is 240 g/mol. The first-order valence-corrected chi connectivity index (χ1v) is 5.69. The number of benzene rings is 1. The van der Waals surface area contributed by atoms with Crippen LogP contribution in [-0.4, -0.2) is 17.9 Å². The molecule has 0 radical (unpaired) electrons. The maximum Gasteiger partial charge on any atom is 0.143 e. The zero-order valence-electron chi connectivity index (χ0n) is 10.5. The van der Waals surface area contributed by atoms with Gasteiger partial charge in [0.05, 0.1) is 5.56 Å². The molecule has 1 heterocycles. The monoisotopic (exact) mass is 240 g/mol. The first-order valence-electron chi connectivity index (χ1n) is 5.69. The second-order valence-corrected chi connectivity index (χ2v) is 4.18. The molecule has 4 nitrogen and oxygen atoms in total. The summed E-state index contributed by atoms with van der Waals surface area (Å²) in [5.74, 6) is 0.714. The van der Waals surface area contributed by atoms with Crippen LogP contribution in [0.2, 0.25) is 0 Å². The standard InChI is InChI=1S/C14H16N4/c1-10-5-7-11(8-6-10)18(2)14-12(13(15)16)4-3-9-17-14/h3-9H,1-2H3,(H3,15,16). The van der Waals surface area contributed by atoms with Crippen LogP contribution in [0.5, 0.6) is 0 Å². The SMILES string of the molecule is Cc1ccc(N(C)c2ncccc2C(=N)N)cc1. The fraction of sp³-hybridized carbons (Fsp3) is 0.143. The van der Waals surface area contributed by atoms with Gasteiger partial charge in [0.15, 0.2) is 0 Å². The number of aromatic nitrogens is 1. The van der Waals surface area contributed by atoms with Gasteiger partial charge in [-0.3, -0.25) is 5.41 Å². The highest BCUT2D eigenvalue weighted by Crippen LogP contribution is 2.24. The van der Waals surface area contributed by atoms with Gasteiger partial charge in [-0.1, -0.05) is 17.7 Å². The molecule has 3 N–H and O–H groups in total. The minimum absolute atomic E-state index is 0.0251. The lowest BCUT2D eigenvalue weighted by Crippen LogP contribution is -2.19. The van der Waals surface area contributed by atoms with E-state index >= 15 is 0 Å². The molecule has 0 bridgehead atoms. The number of anilines is 2. The van der Waals surface area contributed by atoms with Crippen molar-refractivity contribution in [2.45, 2.75) is 6.92 Å². The topological polar surface area (TPSA) is 66.0 Å². The van der Waals surface area contributed by atoms with Crippen LogP contribution in [0.15, 0.2) is 42.6 Å². The predicted octanol–water partition coefficient (Wildman–Crippen LogP) is 2.44. The van der Waals surface area contributed by atoms with E-state index in [-0.39, 0.29) is 5.84 Å². The number of hydrogen-bond donors (Lipinski definition) is 2. The third-order valence-electron chi connectivity index (χ3n) is 2.82. The first-order chi connectivity index (χ1) is 8.59. The number of nitrogen functional groups attached to an aromatic ring is 1. The molecule has 18 heavy (non-hydrogen) atoms. The molecule has 1 aromatic heterocycles. The predicted molar refractivity (Wildman–Crippen MR) is 74.5 cm³/mol. The summed E-state index contributed by atoms with van der Waals surface area (Å²) < 4.78 is 0. The molecule has 0 aliphatic heterocycles. The third kappa shape index (κ3) is 2.32. The molecule has 0 atom stereocenters. The smallest absolute Gasteiger partial charge is 0.143 e. The molecule has 0 amide bonds. The maximum absolute atomic E-state index is 7.58. The van der Waals surface area contributed by atoms with Crippen LogP contribution in [0.4, 0.5) is 11.5 Å². The second kappa shape index (κ2) is 4.87. The zero-order valence-corrected chi connectivity index (χ0v) is 10.5. The van der Waals surface area contributed by atoms with Gasteiger partial charge in [-0.25, -0.2) is 4.98 Å². The Balaban J connectivity index is 2.42. The van der Waals surface area contributed by atoms with Crippen LogP contribution in [0, 0.1) is 12.3 Å². The lowest BCUT2D eigenvalue weighted by Gasteiger charge is -2.20. The molecular weight excluding hydrogens is 224 g/mol. The van der Waals surface area contributed by atoms with Gasteiger partial charge in [-0.2, -0.15) is 0 Å². The van der Waals surface area contributed by atoms with E-state index in [1.165, 1.54) is 5.56 Å². The molecular formula is C14H16N4. The average Bonchev–Trinajstić information content (AvgIpc) is 2.39. The Bertz CT molecular complexity index is 560. The maximum atomic E-state index is 7.58. The van der Waals surface area contributed by atoms with E-state index in [9.17, 15) is 0 Å². The molecule has 0 fully saturated rings. The molecule has 0 saturated carbocycles. The fourth-order valence-corrected chi connectivity index (χ4v) is 1.77. The highest BCUT2D eigenvalue weighted by Gasteiger charge is 2.11. The van der Waals surface area contributed by atoms with Crippen molar-refractivity contribution < 1.29 is 0 Å². The summed E-state index contributed by atoms with van der Waals surface area (Å²) in [4.78, 5) is 6.23. The molecule has 2 aromatic rings. The van der Waals surface area contributed by atoms with Crippen LogP contribution in [-0.2, 0) is 0 Å². The number of hydrogen-bond acceptors (Lipinski definition) is 3. The van der Waals surface area contributed by atoms with Crippen LogP contribution < -0.4 is 10.6 Å². The molecule has 2 rings (SSSR count). The quantitative estimate of drug-likeness (QED) is 0.639. The van der Waals surface area contributed by atoms with Crippen LogP contribution in [0.3, 0.4) is 0 Å². The lowest BCUT2D eigenvalue weighted by molar-refractivity contribution is 1.12. The van der Waals surface area contributed by atoms with Gasteiger partial charge >= 0.3 is 0 Å². The van der Waals surface area contributed by atoms with E-state index in [4.69, 9.17) is 11.1 Å². The van der Waals surface area contributed by atoms with Crippen molar-refractivity contribution in [1.82, 2.24) is 4.98 Å². The number of nitrogens with zero attached hydrogens (tertiary/aromatic N) is 2. The van der Waals surface area contributed by atoms with Gasteiger partial charge in [0.1, 0.15) is 11.7 Å². The van der Waals surface area contributed by atoms with E-state index in [2.05, 4.69) is 4.98 Å². The fourth-order valence-electron chi connectivity index (χ4n) is 1.77. The van der Waals surface area contributed by atoms with E-state index < -0.39 is 0 Å². The van der Waals surface area contributed by atoms with Crippen molar-refractivity contribution in [3.63, 3.8) is 0 Å². The van der Waals surface area contributed by atoms with Crippen molar-refractivity contribution in [2.75, 3.05) is 11.9 Å². The van der Waals surface area contributed by atoms with Crippen molar-refractivity contribution >= 4 is 17.3 Å². The van der Waals surface area contributed by atoms with E-state index in [0.29, 0.717) is 11.4 Å². The number of aryl methyl sites for hydroxylation is 1.